The molecule has 5 heteroatoms. The number of Topliss-reactive ketones (excluding diaryl/α,β-unsaturated/α-hetero) is 1. The van der Waals surface area contributed by atoms with Crippen LogP contribution in [0.3, 0.4) is 0 Å². The predicted molar refractivity (Wildman–Crippen MR) is 78.3 cm³/mol. The number of benzene rings is 2. The number of rotatable bonds is 5. The van der Waals surface area contributed by atoms with Gasteiger partial charge in [0.15, 0.2) is 0 Å². The van der Waals surface area contributed by atoms with Gasteiger partial charge in [-0.1, -0.05) is 24.3 Å². The number of hydrogen-bond acceptors (Lipinski definition) is 2. The number of ketones is 1. The fraction of sp³-hybridized carbons (Fsp3) is 0.188. The Morgan fingerprint density at radius 1 is 0.952 bits per heavy atom. The summed E-state index contributed by atoms with van der Waals surface area (Å²) in [6, 6.07) is 11.2. The highest BCUT2D eigenvalue weighted by Gasteiger charge is 2.22. The maximum absolute atomic E-state index is 13.0. The van der Waals surface area contributed by atoms with Crippen LogP contribution in [-0.4, -0.2) is 15.7 Å². The number of carbonyl (C=O) groups is 1. The van der Waals surface area contributed by atoms with Crippen LogP contribution in [0.1, 0.15) is 23.3 Å². The van der Waals surface area contributed by atoms with Crippen LogP contribution in [0.15, 0.2) is 48.5 Å². The van der Waals surface area contributed by atoms with Gasteiger partial charge < -0.3 is 0 Å². The summed E-state index contributed by atoms with van der Waals surface area (Å²) in [4.78, 5) is 11.2. The molecule has 0 radical (unpaired) electrons. The summed E-state index contributed by atoms with van der Waals surface area (Å²) < 4.78 is 38.5. The molecule has 110 valence electrons. The first-order chi connectivity index (χ1) is 9.97. The molecule has 2 aromatic carbocycles. The molecule has 0 amide bonds. The maximum Gasteiger partial charge on any atom is 0.142 e. The van der Waals surface area contributed by atoms with Crippen LogP contribution in [0.5, 0.6) is 0 Å². The van der Waals surface area contributed by atoms with Gasteiger partial charge in [-0.25, -0.2) is 8.78 Å². The van der Waals surface area contributed by atoms with E-state index in [4.69, 9.17) is 0 Å². The Bertz CT molecular complexity index is 605. The average Bonchev–Trinajstić information content (AvgIpc) is 2.42. The Morgan fingerprint density at radius 2 is 1.33 bits per heavy atom. The molecule has 21 heavy (non-hydrogen) atoms. The van der Waals surface area contributed by atoms with Crippen LogP contribution < -0.4 is 0 Å². The van der Waals surface area contributed by atoms with Crippen molar-refractivity contribution in [3.05, 3.63) is 71.3 Å². The molecular formula is C16H14F2O2S. The molecule has 2 rings (SSSR count). The third kappa shape index (κ3) is 4.04. The van der Waals surface area contributed by atoms with Gasteiger partial charge >= 0.3 is 0 Å². The van der Waals surface area contributed by atoms with Gasteiger partial charge in [0.1, 0.15) is 17.4 Å². The SMILES string of the molecule is CC(=O)C[S@@](=O)C(c1ccc(F)cc1)c1ccc(F)cc1. The van der Waals surface area contributed by atoms with Crippen molar-refractivity contribution >= 4 is 16.6 Å². The van der Waals surface area contributed by atoms with Crippen molar-refractivity contribution in [3.8, 4) is 0 Å². The van der Waals surface area contributed by atoms with E-state index in [1.807, 2.05) is 0 Å². The van der Waals surface area contributed by atoms with Crippen molar-refractivity contribution in [1.82, 2.24) is 0 Å². The Hall–Kier alpha value is -1.88. The largest absolute Gasteiger partial charge is 0.299 e. The highest BCUT2D eigenvalue weighted by atomic mass is 32.2. The molecule has 0 unspecified atom stereocenters. The van der Waals surface area contributed by atoms with Gasteiger partial charge in [0.25, 0.3) is 0 Å². The smallest absolute Gasteiger partial charge is 0.142 e. The highest BCUT2D eigenvalue weighted by molar-refractivity contribution is 7.86. The van der Waals surface area contributed by atoms with E-state index < -0.39 is 27.7 Å². The molecule has 0 saturated carbocycles. The van der Waals surface area contributed by atoms with E-state index in [0.717, 1.165) is 0 Å². The van der Waals surface area contributed by atoms with Crippen molar-refractivity contribution in [2.75, 3.05) is 5.75 Å². The second-order valence-electron chi connectivity index (χ2n) is 4.71. The second-order valence-corrected chi connectivity index (χ2v) is 6.23. The summed E-state index contributed by atoms with van der Waals surface area (Å²) in [7, 11) is -1.50. The Labute approximate surface area is 124 Å². The summed E-state index contributed by atoms with van der Waals surface area (Å²) in [6.07, 6.45) is 0. The molecule has 1 atom stereocenters. The van der Waals surface area contributed by atoms with Crippen LogP contribution in [0.4, 0.5) is 8.78 Å². The van der Waals surface area contributed by atoms with Crippen molar-refractivity contribution in [1.29, 1.82) is 0 Å². The van der Waals surface area contributed by atoms with Crippen LogP contribution >= 0.6 is 0 Å². The summed E-state index contributed by atoms with van der Waals surface area (Å²) >= 11 is 0. The number of hydrogen-bond donors (Lipinski definition) is 0. The molecule has 0 spiro atoms. The van der Waals surface area contributed by atoms with Gasteiger partial charge in [0.05, 0.1) is 11.0 Å². The lowest BCUT2D eigenvalue weighted by molar-refractivity contribution is -0.114. The first-order valence-electron chi connectivity index (χ1n) is 6.35. The average molecular weight is 308 g/mol. The number of carbonyl (C=O) groups excluding carboxylic acids is 1. The molecule has 0 heterocycles. The van der Waals surface area contributed by atoms with E-state index in [-0.39, 0.29) is 11.5 Å². The zero-order valence-electron chi connectivity index (χ0n) is 11.4. The standard InChI is InChI=1S/C16H14F2O2S/c1-11(19)10-21(20)16(12-2-6-14(17)7-3-12)13-4-8-15(18)9-5-13/h2-9,16H,10H2,1H3/t21-/m1/s1. The lowest BCUT2D eigenvalue weighted by atomic mass is 10.0. The lowest BCUT2D eigenvalue weighted by Crippen LogP contribution is -2.16. The van der Waals surface area contributed by atoms with E-state index >= 15 is 0 Å². The maximum atomic E-state index is 13.0. The van der Waals surface area contributed by atoms with Crippen LogP contribution in [0.25, 0.3) is 0 Å². The molecule has 0 saturated heterocycles. The molecule has 2 nitrogen and oxygen atoms in total. The van der Waals surface area contributed by atoms with E-state index in [2.05, 4.69) is 0 Å². The van der Waals surface area contributed by atoms with Crippen molar-refractivity contribution in [3.63, 3.8) is 0 Å². The monoisotopic (exact) mass is 308 g/mol. The van der Waals surface area contributed by atoms with Crippen molar-refractivity contribution in [2.24, 2.45) is 0 Å². The Balaban J connectivity index is 2.43. The quantitative estimate of drug-likeness (QED) is 0.848. The van der Waals surface area contributed by atoms with Gasteiger partial charge in [-0.3, -0.25) is 9.00 Å². The molecule has 0 bridgehead atoms. The molecule has 0 aliphatic carbocycles. The lowest BCUT2D eigenvalue weighted by Gasteiger charge is -2.17. The minimum Gasteiger partial charge on any atom is -0.299 e. The van der Waals surface area contributed by atoms with Gasteiger partial charge in [-0.15, -0.1) is 0 Å². The van der Waals surface area contributed by atoms with E-state index in [9.17, 15) is 17.8 Å². The Kier molecular flexibility index (Phi) is 4.96. The summed E-state index contributed by atoms with van der Waals surface area (Å²) in [6.45, 7) is 1.37. The van der Waals surface area contributed by atoms with Crippen LogP contribution in [0.2, 0.25) is 0 Å². The fourth-order valence-electron chi connectivity index (χ4n) is 2.05. The molecule has 0 aliphatic heterocycles. The van der Waals surface area contributed by atoms with Gasteiger partial charge in [-0.2, -0.15) is 0 Å². The zero-order chi connectivity index (χ0) is 15.4. The topological polar surface area (TPSA) is 34.1 Å². The van der Waals surface area contributed by atoms with Gasteiger partial charge in [0.2, 0.25) is 0 Å². The van der Waals surface area contributed by atoms with E-state index in [1.165, 1.54) is 55.5 Å². The fourth-order valence-corrected chi connectivity index (χ4v) is 3.54. The normalized spacial score (nSPS) is 12.4. The van der Waals surface area contributed by atoms with Crippen LogP contribution in [0, 0.1) is 11.6 Å². The predicted octanol–water partition coefficient (Wildman–Crippen LogP) is 3.39. The Morgan fingerprint density at radius 3 is 1.67 bits per heavy atom. The van der Waals surface area contributed by atoms with E-state index in [0.29, 0.717) is 11.1 Å². The summed E-state index contributed by atoms with van der Waals surface area (Å²) in [5, 5.41) is -0.588. The second kappa shape index (κ2) is 6.72. The first kappa shape index (κ1) is 15.5. The third-order valence-electron chi connectivity index (χ3n) is 2.95. The third-order valence-corrected chi connectivity index (χ3v) is 4.72. The van der Waals surface area contributed by atoms with Crippen molar-refractivity contribution < 1.29 is 17.8 Å². The van der Waals surface area contributed by atoms with E-state index in [1.54, 1.807) is 0 Å². The molecule has 2 aromatic rings. The van der Waals surface area contributed by atoms with Crippen LogP contribution in [-0.2, 0) is 15.6 Å². The minimum atomic E-state index is -1.50. The zero-order valence-corrected chi connectivity index (χ0v) is 12.2. The summed E-state index contributed by atoms with van der Waals surface area (Å²) in [5.74, 6) is -1.08. The highest BCUT2D eigenvalue weighted by Crippen LogP contribution is 2.29. The molecular weight excluding hydrogens is 294 g/mol. The molecule has 0 aliphatic rings. The number of halogens is 2. The molecule has 0 N–H and O–H groups in total. The summed E-state index contributed by atoms with van der Waals surface area (Å²) in [5.41, 5.74) is 1.25. The van der Waals surface area contributed by atoms with Crippen molar-refractivity contribution in [2.45, 2.75) is 12.2 Å². The first-order valence-corrected chi connectivity index (χ1v) is 7.73. The molecule has 0 aromatic heterocycles. The molecule has 0 fully saturated rings. The minimum absolute atomic E-state index is 0.0978. The van der Waals surface area contributed by atoms with Gasteiger partial charge in [0, 0.05) is 10.8 Å². The van der Waals surface area contributed by atoms with Gasteiger partial charge in [-0.05, 0) is 42.3 Å².